The number of rotatable bonds is 5. The van der Waals surface area contributed by atoms with E-state index >= 15 is 0 Å². The van der Waals surface area contributed by atoms with Crippen molar-refractivity contribution in [2.24, 2.45) is 5.92 Å². The molecule has 19 heavy (non-hydrogen) atoms. The molecule has 1 fully saturated rings. The van der Waals surface area contributed by atoms with Crippen LogP contribution in [0.1, 0.15) is 44.6 Å². The van der Waals surface area contributed by atoms with Crippen LogP contribution < -0.4 is 10.1 Å². The molecule has 0 aromatic heterocycles. The van der Waals surface area contributed by atoms with E-state index in [2.05, 4.69) is 36.5 Å². The Balaban J connectivity index is 1.55. The Hall–Kier alpha value is -1.02. The molecule has 2 nitrogen and oxygen atoms in total. The smallest absolute Gasteiger partial charge is 0.123 e. The minimum absolute atomic E-state index is 0.409. The Bertz CT molecular complexity index is 392. The van der Waals surface area contributed by atoms with Gasteiger partial charge >= 0.3 is 0 Å². The van der Waals surface area contributed by atoms with Crippen molar-refractivity contribution < 1.29 is 4.74 Å². The van der Waals surface area contributed by atoms with Crippen molar-refractivity contribution in [1.82, 2.24) is 5.32 Å². The summed E-state index contributed by atoms with van der Waals surface area (Å²) >= 11 is 0. The highest BCUT2D eigenvalue weighted by Gasteiger charge is 2.32. The second-order valence-corrected chi connectivity index (χ2v) is 6.04. The van der Waals surface area contributed by atoms with Gasteiger partial charge in [-0.05, 0) is 49.8 Å². The topological polar surface area (TPSA) is 21.3 Å². The molecule has 1 N–H and O–H groups in total. The maximum atomic E-state index is 6.09. The maximum Gasteiger partial charge on any atom is 0.123 e. The van der Waals surface area contributed by atoms with Gasteiger partial charge in [-0.15, -0.1) is 0 Å². The molecule has 1 aromatic rings. The summed E-state index contributed by atoms with van der Waals surface area (Å²) in [6.07, 6.45) is 8.07. The minimum atomic E-state index is 0.409. The summed E-state index contributed by atoms with van der Waals surface area (Å²) < 4.78 is 6.09. The van der Waals surface area contributed by atoms with Gasteiger partial charge in [-0.25, -0.2) is 0 Å². The van der Waals surface area contributed by atoms with Crippen LogP contribution in [-0.4, -0.2) is 18.7 Å². The van der Waals surface area contributed by atoms with E-state index in [9.17, 15) is 0 Å². The first-order valence-electron chi connectivity index (χ1n) is 7.84. The first-order chi connectivity index (χ1) is 9.36. The molecular weight excluding hydrogens is 234 g/mol. The molecule has 0 amide bonds. The summed E-state index contributed by atoms with van der Waals surface area (Å²) in [5.74, 6) is 1.93. The van der Waals surface area contributed by atoms with Gasteiger partial charge in [-0.3, -0.25) is 0 Å². The van der Waals surface area contributed by atoms with Gasteiger partial charge in [0, 0.05) is 12.5 Å². The normalized spacial score (nSPS) is 29.2. The molecule has 1 aliphatic carbocycles. The lowest BCUT2D eigenvalue weighted by Gasteiger charge is -2.23. The van der Waals surface area contributed by atoms with Crippen molar-refractivity contribution in [3.63, 3.8) is 0 Å². The van der Waals surface area contributed by atoms with Gasteiger partial charge < -0.3 is 10.1 Å². The predicted octanol–water partition coefficient (Wildman–Crippen LogP) is 3.55. The second-order valence-electron chi connectivity index (χ2n) is 6.04. The number of benzene rings is 1. The van der Waals surface area contributed by atoms with Crippen LogP contribution in [0.2, 0.25) is 0 Å². The molecule has 3 rings (SSSR count). The van der Waals surface area contributed by atoms with E-state index in [0.717, 1.165) is 30.7 Å². The van der Waals surface area contributed by atoms with E-state index in [1.165, 1.54) is 37.7 Å². The van der Waals surface area contributed by atoms with E-state index in [1.54, 1.807) is 0 Å². The van der Waals surface area contributed by atoms with Crippen molar-refractivity contribution >= 4 is 0 Å². The molecule has 2 heteroatoms. The molecular formula is C17H25NO. The van der Waals surface area contributed by atoms with E-state index in [-0.39, 0.29) is 0 Å². The average molecular weight is 259 g/mol. The standard InChI is InChI=1S/C17H25NO/c1-2-10-18-16-8-5-7-13(16)11-15-12-14-6-3-4-9-17(14)19-15/h3-4,6,9,13,15-16,18H,2,5,7-8,10-12H2,1H3. The van der Waals surface area contributed by atoms with E-state index in [0.29, 0.717) is 6.10 Å². The largest absolute Gasteiger partial charge is 0.490 e. The first kappa shape index (κ1) is 13.0. The van der Waals surface area contributed by atoms with Crippen molar-refractivity contribution in [2.45, 2.75) is 57.6 Å². The Labute approximate surface area is 116 Å². The third-order valence-corrected chi connectivity index (χ3v) is 4.60. The Kier molecular flexibility index (Phi) is 4.07. The number of hydrogen-bond acceptors (Lipinski definition) is 2. The van der Waals surface area contributed by atoms with Crippen LogP contribution in [0, 0.1) is 5.92 Å². The van der Waals surface area contributed by atoms with Crippen molar-refractivity contribution in [3.05, 3.63) is 29.8 Å². The highest BCUT2D eigenvalue weighted by molar-refractivity contribution is 5.37. The van der Waals surface area contributed by atoms with Crippen LogP contribution in [0.5, 0.6) is 5.75 Å². The molecule has 1 heterocycles. The summed E-state index contributed by atoms with van der Waals surface area (Å²) in [5, 5.41) is 3.72. The zero-order valence-electron chi connectivity index (χ0n) is 11.9. The number of nitrogens with one attached hydrogen (secondary N) is 1. The third kappa shape index (κ3) is 2.94. The van der Waals surface area contributed by atoms with Crippen LogP contribution >= 0.6 is 0 Å². The van der Waals surface area contributed by atoms with Crippen LogP contribution in [-0.2, 0) is 6.42 Å². The monoisotopic (exact) mass is 259 g/mol. The van der Waals surface area contributed by atoms with Crippen LogP contribution in [0.15, 0.2) is 24.3 Å². The van der Waals surface area contributed by atoms with E-state index in [4.69, 9.17) is 4.74 Å². The molecule has 0 radical (unpaired) electrons. The summed E-state index contributed by atoms with van der Waals surface area (Å²) in [5.41, 5.74) is 1.39. The second kappa shape index (κ2) is 5.96. The number of para-hydroxylation sites is 1. The Morgan fingerprint density at radius 2 is 2.16 bits per heavy atom. The van der Waals surface area contributed by atoms with Gasteiger partial charge in [0.25, 0.3) is 0 Å². The van der Waals surface area contributed by atoms with E-state index < -0.39 is 0 Å². The zero-order valence-corrected chi connectivity index (χ0v) is 11.9. The van der Waals surface area contributed by atoms with Crippen LogP contribution in [0.25, 0.3) is 0 Å². The molecule has 0 saturated heterocycles. The number of hydrogen-bond donors (Lipinski definition) is 1. The molecule has 0 bridgehead atoms. The first-order valence-corrected chi connectivity index (χ1v) is 7.84. The summed E-state index contributed by atoms with van der Waals surface area (Å²) in [7, 11) is 0. The molecule has 2 aliphatic rings. The molecule has 1 aliphatic heterocycles. The average Bonchev–Trinajstić information content (AvgIpc) is 3.02. The molecule has 0 spiro atoms. The van der Waals surface area contributed by atoms with Gasteiger partial charge in [0.05, 0.1) is 0 Å². The summed E-state index contributed by atoms with van der Waals surface area (Å²) in [6.45, 7) is 3.40. The summed E-state index contributed by atoms with van der Waals surface area (Å²) in [6, 6.07) is 9.23. The van der Waals surface area contributed by atoms with Gasteiger partial charge in [0.15, 0.2) is 0 Å². The lowest BCUT2D eigenvalue weighted by molar-refractivity contribution is 0.183. The summed E-state index contributed by atoms with van der Waals surface area (Å²) in [4.78, 5) is 0. The van der Waals surface area contributed by atoms with Crippen molar-refractivity contribution in [3.8, 4) is 5.75 Å². The predicted molar refractivity (Wildman–Crippen MR) is 78.6 cm³/mol. The molecule has 3 unspecified atom stereocenters. The number of fused-ring (bicyclic) bond motifs is 1. The quantitative estimate of drug-likeness (QED) is 0.873. The molecule has 1 saturated carbocycles. The van der Waals surface area contributed by atoms with Gasteiger partial charge in [-0.1, -0.05) is 31.5 Å². The minimum Gasteiger partial charge on any atom is -0.490 e. The lowest BCUT2D eigenvalue weighted by Crippen LogP contribution is -2.35. The zero-order chi connectivity index (χ0) is 13.1. The molecule has 104 valence electrons. The third-order valence-electron chi connectivity index (χ3n) is 4.60. The van der Waals surface area contributed by atoms with Crippen molar-refractivity contribution in [2.75, 3.05) is 6.54 Å². The highest BCUT2D eigenvalue weighted by Crippen LogP contribution is 2.35. The SMILES string of the molecule is CCCNC1CCCC1CC1Cc2ccccc2O1. The fraction of sp³-hybridized carbons (Fsp3) is 0.647. The molecule has 1 aromatic carbocycles. The van der Waals surface area contributed by atoms with Gasteiger partial charge in [-0.2, -0.15) is 0 Å². The Morgan fingerprint density at radius 1 is 1.26 bits per heavy atom. The fourth-order valence-corrected chi connectivity index (χ4v) is 3.64. The van der Waals surface area contributed by atoms with Gasteiger partial charge in [0.2, 0.25) is 0 Å². The van der Waals surface area contributed by atoms with Crippen molar-refractivity contribution in [1.29, 1.82) is 0 Å². The maximum absolute atomic E-state index is 6.09. The highest BCUT2D eigenvalue weighted by atomic mass is 16.5. The van der Waals surface area contributed by atoms with Crippen LogP contribution in [0.4, 0.5) is 0 Å². The fourth-order valence-electron chi connectivity index (χ4n) is 3.64. The number of ether oxygens (including phenoxy) is 1. The van der Waals surface area contributed by atoms with Crippen LogP contribution in [0.3, 0.4) is 0 Å². The Morgan fingerprint density at radius 3 is 3.00 bits per heavy atom. The van der Waals surface area contributed by atoms with Gasteiger partial charge in [0.1, 0.15) is 11.9 Å². The lowest BCUT2D eigenvalue weighted by atomic mass is 9.94. The van der Waals surface area contributed by atoms with E-state index in [1.807, 2.05) is 0 Å². The molecule has 3 atom stereocenters.